The van der Waals surface area contributed by atoms with Crippen LogP contribution in [0.5, 0.6) is 5.75 Å². The molecule has 0 unspecified atom stereocenters. The monoisotopic (exact) mass is 348 g/mol. The van der Waals surface area contributed by atoms with Gasteiger partial charge in [-0.1, -0.05) is 51.3 Å². The number of benzene rings is 2. The molecule has 0 aliphatic rings. The first kappa shape index (κ1) is 13.7. The zero-order valence-corrected chi connectivity index (χ0v) is 12.2. The van der Waals surface area contributed by atoms with Gasteiger partial charge in [-0.15, -0.1) is 0 Å². The maximum absolute atomic E-state index is 13.5. The molecular weight excluding hydrogens is 342 g/mol. The van der Waals surface area contributed by atoms with Gasteiger partial charge in [-0.05, 0) is 24.3 Å². The summed E-state index contributed by atoms with van der Waals surface area (Å²) >= 11 is 15.2. The molecule has 0 bridgehead atoms. The van der Waals surface area contributed by atoms with Gasteiger partial charge in [-0.3, -0.25) is 0 Å². The molecule has 1 nitrogen and oxygen atoms in total. The molecule has 0 fully saturated rings. The Kier molecular flexibility index (Phi) is 4.49. The number of rotatable bonds is 3. The van der Waals surface area contributed by atoms with Gasteiger partial charge in [0.25, 0.3) is 0 Å². The van der Waals surface area contributed by atoms with E-state index < -0.39 is 5.82 Å². The predicted molar refractivity (Wildman–Crippen MR) is 74.9 cm³/mol. The van der Waals surface area contributed by atoms with Crippen LogP contribution in [-0.4, -0.2) is 0 Å². The van der Waals surface area contributed by atoms with Gasteiger partial charge in [-0.2, -0.15) is 0 Å². The Morgan fingerprint density at radius 3 is 2.56 bits per heavy atom. The lowest BCUT2D eigenvalue weighted by Crippen LogP contribution is -1.98. The van der Waals surface area contributed by atoms with Crippen LogP contribution in [0.1, 0.15) is 5.56 Å². The van der Waals surface area contributed by atoms with Crippen LogP contribution in [0.15, 0.2) is 40.9 Å². The van der Waals surface area contributed by atoms with Crippen LogP contribution < -0.4 is 4.74 Å². The second kappa shape index (κ2) is 5.91. The standard InChI is InChI=1S/C13H8BrCl2FO/c14-9-5-4-8(11(16)6-9)7-18-13-10(15)2-1-3-12(13)17/h1-6H,7H2. The van der Waals surface area contributed by atoms with Crippen molar-refractivity contribution in [2.24, 2.45) is 0 Å². The lowest BCUT2D eigenvalue weighted by Gasteiger charge is -2.10. The van der Waals surface area contributed by atoms with Crippen LogP contribution >= 0.6 is 39.1 Å². The van der Waals surface area contributed by atoms with Gasteiger partial charge in [0.1, 0.15) is 6.61 Å². The minimum atomic E-state index is -0.490. The van der Waals surface area contributed by atoms with Crippen molar-refractivity contribution in [3.8, 4) is 5.75 Å². The van der Waals surface area contributed by atoms with Crippen molar-refractivity contribution in [1.29, 1.82) is 0 Å². The summed E-state index contributed by atoms with van der Waals surface area (Å²) in [7, 11) is 0. The Morgan fingerprint density at radius 1 is 1.11 bits per heavy atom. The minimum Gasteiger partial charge on any atom is -0.484 e. The first-order valence-electron chi connectivity index (χ1n) is 5.08. The number of para-hydroxylation sites is 1. The van der Waals surface area contributed by atoms with Gasteiger partial charge in [0.15, 0.2) is 11.6 Å². The molecule has 0 saturated carbocycles. The summed E-state index contributed by atoms with van der Waals surface area (Å²) in [5.41, 5.74) is 0.763. The number of ether oxygens (including phenoxy) is 1. The Hall–Kier alpha value is -0.770. The second-order valence-corrected chi connectivity index (χ2v) is 5.31. The average Bonchev–Trinajstić information content (AvgIpc) is 2.31. The topological polar surface area (TPSA) is 9.23 Å². The van der Waals surface area contributed by atoms with Gasteiger partial charge >= 0.3 is 0 Å². The van der Waals surface area contributed by atoms with E-state index in [1.54, 1.807) is 18.2 Å². The van der Waals surface area contributed by atoms with Crippen molar-refractivity contribution in [2.75, 3.05) is 0 Å². The lowest BCUT2D eigenvalue weighted by molar-refractivity contribution is 0.290. The molecule has 0 N–H and O–H groups in total. The fraction of sp³-hybridized carbons (Fsp3) is 0.0769. The zero-order chi connectivity index (χ0) is 13.1. The Balaban J connectivity index is 2.16. The Labute approximate surface area is 123 Å². The van der Waals surface area contributed by atoms with E-state index in [2.05, 4.69) is 15.9 Å². The fourth-order valence-corrected chi connectivity index (χ4v) is 2.35. The largest absolute Gasteiger partial charge is 0.484 e. The molecule has 2 aromatic rings. The van der Waals surface area contributed by atoms with E-state index in [1.807, 2.05) is 6.07 Å². The summed E-state index contributed by atoms with van der Waals surface area (Å²) in [6, 6.07) is 9.79. The summed E-state index contributed by atoms with van der Waals surface area (Å²) in [6.45, 7) is 0.159. The van der Waals surface area contributed by atoms with E-state index in [-0.39, 0.29) is 17.4 Å². The molecule has 2 rings (SSSR count). The third-order valence-corrected chi connectivity index (χ3v) is 3.45. The van der Waals surface area contributed by atoms with E-state index in [4.69, 9.17) is 27.9 Å². The van der Waals surface area contributed by atoms with Gasteiger partial charge in [0, 0.05) is 15.1 Å². The van der Waals surface area contributed by atoms with E-state index >= 15 is 0 Å². The van der Waals surface area contributed by atoms with Gasteiger partial charge in [0.05, 0.1) is 5.02 Å². The first-order chi connectivity index (χ1) is 8.58. The smallest absolute Gasteiger partial charge is 0.174 e. The van der Waals surface area contributed by atoms with Crippen LogP contribution in [0.2, 0.25) is 10.0 Å². The van der Waals surface area contributed by atoms with E-state index in [9.17, 15) is 4.39 Å². The summed E-state index contributed by atoms with van der Waals surface area (Å²) in [5, 5.41) is 0.792. The van der Waals surface area contributed by atoms with Crippen molar-refractivity contribution >= 4 is 39.1 Å². The van der Waals surface area contributed by atoms with Gasteiger partial charge < -0.3 is 4.74 Å². The molecule has 0 spiro atoms. The molecule has 0 heterocycles. The summed E-state index contributed by atoms with van der Waals surface area (Å²) < 4.78 is 19.7. The minimum absolute atomic E-state index is 0.0400. The number of hydrogen-bond acceptors (Lipinski definition) is 1. The average molecular weight is 350 g/mol. The normalized spacial score (nSPS) is 10.4. The molecule has 5 heteroatoms. The van der Waals surface area contributed by atoms with Crippen LogP contribution in [0, 0.1) is 5.82 Å². The number of hydrogen-bond donors (Lipinski definition) is 0. The highest BCUT2D eigenvalue weighted by molar-refractivity contribution is 9.10. The van der Waals surface area contributed by atoms with Crippen LogP contribution in [-0.2, 0) is 6.61 Å². The molecule has 18 heavy (non-hydrogen) atoms. The molecule has 94 valence electrons. The number of halogens is 4. The summed E-state index contributed by atoms with van der Waals surface area (Å²) in [6.07, 6.45) is 0. The van der Waals surface area contributed by atoms with Crippen molar-refractivity contribution in [3.05, 3.63) is 62.3 Å². The predicted octanol–water partition coefficient (Wildman–Crippen LogP) is 5.47. The van der Waals surface area contributed by atoms with Gasteiger partial charge in [-0.25, -0.2) is 4.39 Å². The molecule has 0 amide bonds. The quantitative estimate of drug-likeness (QED) is 0.713. The van der Waals surface area contributed by atoms with Crippen LogP contribution in [0.25, 0.3) is 0 Å². The van der Waals surface area contributed by atoms with Crippen molar-refractivity contribution < 1.29 is 9.13 Å². The highest BCUT2D eigenvalue weighted by Crippen LogP contribution is 2.29. The van der Waals surface area contributed by atoms with E-state index in [0.29, 0.717) is 5.02 Å². The van der Waals surface area contributed by atoms with Crippen molar-refractivity contribution in [2.45, 2.75) is 6.61 Å². The molecule has 0 atom stereocenters. The maximum atomic E-state index is 13.5. The van der Waals surface area contributed by atoms with Crippen molar-refractivity contribution in [3.63, 3.8) is 0 Å². The second-order valence-electron chi connectivity index (χ2n) is 3.58. The third-order valence-electron chi connectivity index (χ3n) is 2.31. The maximum Gasteiger partial charge on any atom is 0.174 e. The molecule has 2 aromatic carbocycles. The lowest BCUT2D eigenvalue weighted by atomic mass is 10.2. The molecule has 0 aromatic heterocycles. The molecule has 0 aliphatic carbocycles. The van der Waals surface area contributed by atoms with Crippen LogP contribution in [0.4, 0.5) is 4.39 Å². The third kappa shape index (κ3) is 3.16. The van der Waals surface area contributed by atoms with Crippen molar-refractivity contribution in [1.82, 2.24) is 0 Å². The highest BCUT2D eigenvalue weighted by atomic mass is 79.9. The SMILES string of the molecule is Fc1cccc(Cl)c1OCc1ccc(Br)cc1Cl. The Morgan fingerprint density at radius 2 is 1.89 bits per heavy atom. The highest BCUT2D eigenvalue weighted by Gasteiger charge is 2.09. The Bertz CT molecular complexity index is 555. The summed E-state index contributed by atoms with van der Waals surface area (Å²) in [5.74, 6) is -0.450. The van der Waals surface area contributed by atoms with Crippen LogP contribution in [0.3, 0.4) is 0 Å². The van der Waals surface area contributed by atoms with E-state index in [0.717, 1.165) is 10.0 Å². The molecule has 0 aliphatic heterocycles. The zero-order valence-electron chi connectivity index (χ0n) is 9.09. The van der Waals surface area contributed by atoms with E-state index in [1.165, 1.54) is 12.1 Å². The first-order valence-corrected chi connectivity index (χ1v) is 6.63. The molecular formula is C13H8BrCl2FO. The molecule has 0 radical (unpaired) electrons. The fourth-order valence-electron chi connectivity index (χ4n) is 1.41. The molecule has 0 saturated heterocycles. The summed E-state index contributed by atoms with van der Waals surface area (Å²) in [4.78, 5) is 0. The van der Waals surface area contributed by atoms with Gasteiger partial charge in [0.2, 0.25) is 0 Å².